The van der Waals surface area contributed by atoms with Gasteiger partial charge in [-0.05, 0) is 30.8 Å². The van der Waals surface area contributed by atoms with E-state index in [-0.39, 0.29) is 36.9 Å². The number of aromatic carboxylic acids is 1. The molecule has 2 rings (SSSR count). The smallest absolute Gasteiger partial charge is 0.454 e. The summed E-state index contributed by atoms with van der Waals surface area (Å²) in [6, 6.07) is 2.90. The number of nitrogens with two attached hydrogens (primary N) is 2. The molecule has 2 atom stereocenters. The number of amides is 2. The topological polar surface area (TPSA) is 209 Å². The summed E-state index contributed by atoms with van der Waals surface area (Å²) in [5.74, 6) is -3.71. The molecule has 0 radical (unpaired) electrons. The van der Waals surface area contributed by atoms with Gasteiger partial charge in [0, 0.05) is 19.6 Å². The molecule has 0 bridgehead atoms. The molecule has 1 heterocycles. The van der Waals surface area contributed by atoms with Gasteiger partial charge < -0.3 is 41.8 Å². The lowest BCUT2D eigenvalue weighted by molar-refractivity contribution is -0.129. The molecule has 1 saturated heterocycles. The van der Waals surface area contributed by atoms with Gasteiger partial charge in [0.25, 0.3) is 0 Å². The molecule has 1 aromatic carbocycles. The Balaban J connectivity index is 2.00. The number of carboxylic acids is 1. The fourth-order valence-electron chi connectivity index (χ4n) is 3.35. The monoisotopic (exact) mass is 452 g/mol. The van der Waals surface area contributed by atoms with Crippen molar-refractivity contribution >= 4 is 24.9 Å². The Labute approximate surface area is 185 Å². The number of ether oxygens (including phenoxy) is 1. The van der Waals surface area contributed by atoms with Crippen LogP contribution < -0.4 is 21.5 Å². The zero-order chi connectivity index (χ0) is 24.2. The highest BCUT2D eigenvalue weighted by molar-refractivity contribution is 6.43. The number of primary amides is 1. The maximum atomic E-state index is 12.1. The van der Waals surface area contributed by atoms with E-state index < -0.39 is 47.6 Å². The van der Waals surface area contributed by atoms with Crippen molar-refractivity contribution in [3.05, 3.63) is 23.3 Å². The van der Waals surface area contributed by atoms with Crippen molar-refractivity contribution in [2.24, 2.45) is 11.5 Å². The predicted molar refractivity (Wildman–Crippen MR) is 114 cm³/mol. The Kier molecular flexibility index (Phi) is 8.07. The number of carbonyl (C=O) groups excluding carboxylic acids is 2. The summed E-state index contributed by atoms with van der Waals surface area (Å²) in [5.41, 5.74) is 9.60. The van der Waals surface area contributed by atoms with E-state index in [2.05, 4.69) is 5.32 Å². The molecule has 2 amide bonds. The molecule has 32 heavy (non-hydrogen) atoms. The molecule has 0 unspecified atom stereocenters. The van der Waals surface area contributed by atoms with Crippen molar-refractivity contribution in [3.8, 4) is 11.5 Å². The standard InChI is InChI=1S/C19H29BN4O8/c1-10(20(30)31)5-11-3-4-13(15(16(11)26)17(27)28)32-12-7-24(8-12)9-19(2,22)18(29)23-6-14(21)25/h3-4,10,12,26,30-31H,5-9,22H2,1-2H3,(H2,21,25)(H,23,29)(H,27,28)/t10-,19-/m0/s1. The molecular formula is C19H29BN4O8. The van der Waals surface area contributed by atoms with Gasteiger partial charge in [-0.1, -0.05) is 13.0 Å². The third-order valence-electron chi connectivity index (χ3n) is 5.20. The summed E-state index contributed by atoms with van der Waals surface area (Å²) in [5, 5.41) is 40.8. The van der Waals surface area contributed by atoms with Crippen molar-refractivity contribution in [1.29, 1.82) is 0 Å². The Morgan fingerprint density at radius 1 is 1.34 bits per heavy atom. The van der Waals surface area contributed by atoms with Gasteiger partial charge in [-0.3, -0.25) is 14.5 Å². The van der Waals surface area contributed by atoms with Gasteiger partial charge in [0.15, 0.2) is 0 Å². The van der Waals surface area contributed by atoms with Crippen LogP contribution >= 0.6 is 0 Å². The van der Waals surface area contributed by atoms with Crippen molar-refractivity contribution in [1.82, 2.24) is 10.2 Å². The Bertz CT molecular complexity index is 873. The number of phenols is 1. The lowest BCUT2D eigenvalue weighted by atomic mass is 9.71. The van der Waals surface area contributed by atoms with Crippen LogP contribution in [0, 0.1) is 0 Å². The molecule has 1 aliphatic heterocycles. The summed E-state index contributed by atoms with van der Waals surface area (Å²) in [6.45, 7) is 3.66. The Morgan fingerprint density at radius 3 is 2.50 bits per heavy atom. The van der Waals surface area contributed by atoms with E-state index >= 15 is 0 Å². The largest absolute Gasteiger partial charge is 0.507 e. The minimum Gasteiger partial charge on any atom is -0.507 e. The van der Waals surface area contributed by atoms with E-state index in [1.54, 1.807) is 6.92 Å². The number of carboxylic acid groups (broad SMARTS) is 1. The molecule has 0 spiro atoms. The molecule has 0 saturated carbocycles. The lowest BCUT2D eigenvalue weighted by Gasteiger charge is -2.42. The second-order valence-electron chi connectivity index (χ2n) is 8.35. The molecule has 1 aliphatic rings. The summed E-state index contributed by atoms with van der Waals surface area (Å²) in [4.78, 5) is 36.4. The minimum absolute atomic E-state index is 0.0182. The van der Waals surface area contributed by atoms with E-state index in [1.807, 2.05) is 4.90 Å². The highest BCUT2D eigenvalue weighted by Crippen LogP contribution is 2.35. The third kappa shape index (κ3) is 6.32. The van der Waals surface area contributed by atoms with Crippen molar-refractivity contribution in [2.75, 3.05) is 26.2 Å². The number of hydrogen-bond donors (Lipinski definition) is 7. The summed E-state index contributed by atoms with van der Waals surface area (Å²) in [6.07, 6.45) is -0.324. The summed E-state index contributed by atoms with van der Waals surface area (Å²) < 4.78 is 5.73. The van der Waals surface area contributed by atoms with Crippen molar-refractivity contribution in [3.63, 3.8) is 0 Å². The zero-order valence-electron chi connectivity index (χ0n) is 17.9. The minimum atomic E-state index is -1.61. The summed E-state index contributed by atoms with van der Waals surface area (Å²) in [7, 11) is -1.61. The van der Waals surface area contributed by atoms with Gasteiger partial charge in [0.2, 0.25) is 11.8 Å². The average molecular weight is 452 g/mol. The van der Waals surface area contributed by atoms with Crippen LogP contribution in [0.15, 0.2) is 12.1 Å². The van der Waals surface area contributed by atoms with E-state index in [4.69, 9.17) is 16.2 Å². The molecule has 1 fully saturated rings. The number of nitrogens with one attached hydrogen (secondary N) is 1. The highest BCUT2D eigenvalue weighted by Gasteiger charge is 2.38. The normalized spacial score (nSPS) is 17.0. The van der Waals surface area contributed by atoms with E-state index in [1.165, 1.54) is 19.1 Å². The Hall–Kier alpha value is -2.87. The first-order valence-corrected chi connectivity index (χ1v) is 10.0. The van der Waals surface area contributed by atoms with Crippen LogP contribution in [0.3, 0.4) is 0 Å². The number of hydrogen-bond acceptors (Lipinski definition) is 9. The molecule has 176 valence electrons. The molecule has 1 aromatic rings. The molecule has 0 aromatic heterocycles. The van der Waals surface area contributed by atoms with Crippen LogP contribution in [-0.4, -0.2) is 87.9 Å². The maximum absolute atomic E-state index is 12.1. The number of likely N-dealkylation sites (tertiary alicyclic amines) is 1. The van der Waals surface area contributed by atoms with E-state index in [0.29, 0.717) is 13.1 Å². The number of rotatable bonds is 11. The van der Waals surface area contributed by atoms with Crippen LogP contribution in [0.2, 0.25) is 5.82 Å². The molecule has 12 nitrogen and oxygen atoms in total. The predicted octanol–water partition coefficient (Wildman–Crippen LogP) is -2.12. The van der Waals surface area contributed by atoms with Gasteiger partial charge in [0.05, 0.1) is 6.54 Å². The number of benzene rings is 1. The van der Waals surface area contributed by atoms with Crippen LogP contribution in [-0.2, 0) is 16.0 Å². The maximum Gasteiger partial charge on any atom is 0.454 e. The summed E-state index contributed by atoms with van der Waals surface area (Å²) >= 11 is 0. The van der Waals surface area contributed by atoms with Gasteiger partial charge in [-0.15, -0.1) is 0 Å². The van der Waals surface area contributed by atoms with E-state index in [0.717, 1.165) is 0 Å². The van der Waals surface area contributed by atoms with Gasteiger partial charge >= 0.3 is 13.1 Å². The first-order chi connectivity index (χ1) is 14.8. The highest BCUT2D eigenvalue weighted by atomic mass is 16.5. The fourth-order valence-corrected chi connectivity index (χ4v) is 3.35. The molecule has 13 heteroatoms. The van der Waals surface area contributed by atoms with Gasteiger partial charge in [0.1, 0.15) is 28.7 Å². The lowest BCUT2D eigenvalue weighted by Crippen LogP contribution is -2.64. The molecular weight excluding hydrogens is 423 g/mol. The van der Waals surface area contributed by atoms with Crippen molar-refractivity contribution in [2.45, 2.75) is 37.7 Å². The van der Waals surface area contributed by atoms with E-state index in [9.17, 15) is 34.6 Å². The molecule has 0 aliphatic carbocycles. The van der Waals surface area contributed by atoms with Crippen molar-refractivity contribution < 1.29 is 39.4 Å². The van der Waals surface area contributed by atoms with Crippen LogP contribution in [0.25, 0.3) is 0 Å². The zero-order valence-corrected chi connectivity index (χ0v) is 17.9. The second kappa shape index (κ2) is 10.2. The van der Waals surface area contributed by atoms with Crippen LogP contribution in [0.1, 0.15) is 29.8 Å². The van der Waals surface area contributed by atoms with Gasteiger partial charge in [-0.2, -0.15) is 0 Å². The fraction of sp³-hybridized carbons (Fsp3) is 0.526. The van der Waals surface area contributed by atoms with Crippen LogP contribution in [0.5, 0.6) is 11.5 Å². The first kappa shape index (κ1) is 25.4. The first-order valence-electron chi connectivity index (χ1n) is 10.0. The third-order valence-corrected chi connectivity index (χ3v) is 5.20. The number of aromatic hydroxyl groups is 1. The quantitative estimate of drug-likeness (QED) is 0.182. The van der Waals surface area contributed by atoms with Crippen LogP contribution in [0.4, 0.5) is 0 Å². The number of nitrogens with zero attached hydrogens (tertiary/aromatic N) is 1. The Morgan fingerprint density at radius 2 is 1.97 bits per heavy atom. The SMILES string of the molecule is C[C@@H](Cc1ccc(OC2CN(C[C@](C)(N)C(=O)NCC(N)=O)C2)c(C(=O)O)c1O)B(O)O. The second-order valence-corrected chi connectivity index (χ2v) is 8.35. The van der Waals surface area contributed by atoms with Gasteiger partial charge in [-0.25, -0.2) is 4.79 Å². The average Bonchev–Trinajstić information content (AvgIpc) is 2.65. The molecule has 9 N–H and O–H groups in total. The number of carbonyl (C=O) groups is 3.